The quantitative estimate of drug-likeness (QED) is 0.151. The number of rotatable bonds is 8. The van der Waals surface area contributed by atoms with E-state index in [1.54, 1.807) is 0 Å². The standard InChI is InChI=1S/C60H38N8/c1-5-20-39(21-6-1)55-61-56(40-22-7-2-8-23-40)64-59(63-55)67-49-34-15-13-30-47(49)53-45(32-18-36-51(53)67)43-28-17-29-44(38-43)46-33-19-37-52-54(46)48-31-14-16-35-50(48)68(52)60-65-57(41-24-9-3-10-25-41)62-58(66-60)42-26-11-4-12-27-42/h1-38H. The molecular weight excluding hydrogens is 833 g/mol. The highest BCUT2D eigenvalue weighted by atomic mass is 15.2. The van der Waals surface area contributed by atoms with Crippen molar-refractivity contribution >= 4 is 43.6 Å². The van der Waals surface area contributed by atoms with Gasteiger partial charge in [0, 0.05) is 43.8 Å². The molecule has 0 unspecified atom stereocenters. The molecule has 0 radical (unpaired) electrons. The number of aromatic nitrogens is 8. The zero-order valence-electron chi connectivity index (χ0n) is 36.5. The molecule has 0 N–H and O–H groups in total. The van der Waals surface area contributed by atoms with Gasteiger partial charge in [0.1, 0.15) is 0 Å². The molecule has 318 valence electrons. The molecule has 0 aliphatic carbocycles. The molecular formula is C60H38N8. The molecule has 0 bridgehead atoms. The van der Waals surface area contributed by atoms with Crippen LogP contribution in [0.5, 0.6) is 0 Å². The average Bonchev–Trinajstić information content (AvgIpc) is 3.95. The van der Waals surface area contributed by atoms with Crippen molar-refractivity contribution in [3.63, 3.8) is 0 Å². The number of hydrogen-bond acceptors (Lipinski definition) is 6. The van der Waals surface area contributed by atoms with Crippen molar-refractivity contribution in [2.75, 3.05) is 0 Å². The van der Waals surface area contributed by atoms with Crippen molar-refractivity contribution in [2.45, 2.75) is 0 Å². The van der Waals surface area contributed by atoms with E-state index in [0.717, 1.165) is 88.1 Å². The summed E-state index contributed by atoms with van der Waals surface area (Å²) in [5, 5.41) is 4.46. The summed E-state index contributed by atoms with van der Waals surface area (Å²) < 4.78 is 4.36. The van der Waals surface area contributed by atoms with Gasteiger partial charge in [0.15, 0.2) is 23.3 Å². The van der Waals surface area contributed by atoms with Crippen LogP contribution in [0.4, 0.5) is 0 Å². The minimum absolute atomic E-state index is 0.558. The lowest BCUT2D eigenvalue weighted by Crippen LogP contribution is -2.06. The maximum atomic E-state index is 5.17. The van der Waals surface area contributed by atoms with Crippen LogP contribution in [-0.2, 0) is 0 Å². The van der Waals surface area contributed by atoms with Crippen molar-refractivity contribution < 1.29 is 0 Å². The van der Waals surface area contributed by atoms with Gasteiger partial charge >= 0.3 is 0 Å². The molecule has 13 rings (SSSR count). The molecule has 0 atom stereocenters. The molecule has 0 spiro atoms. The lowest BCUT2D eigenvalue weighted by atomic mass is 9.94. The molecule has 9 aromatic carbocycles. The zero-order valence-corrected chi connectivity index (χ0v) is 36.5. The highest BCUT2D eigenvalue weighted by Crippen LogP contribution is 2.42. The van der Waals surface area contributed by atoms with E-state index >= 15 is 0 Å². The van der Waals surface area contributed by atoms with E-state index in [1.807, 2.05) is 121 Å². The number of nitrogens with zero attached hydrogens (tertiary/aromatic N) is 8. The van der Waals surface area contributed by atoms with Gasteiger partial charge in [-0.25, -0.2) is 9.97 Å². The third-order valence-corrected chi connectivity index (χ3v) is 12.7. The van der Waals surface area contributed by atoms with Crippen LogP contribution in [0.1, 0.15) is 0 Å². The van der Waals surface area contributed by atoms with Crippen LogP contribution in [0.2, 0.25) is 0 Å². The topological polar surface area (TPSA) is 87.2 Å². The van der Waals surface area contributed by atoms with E-state index in [4.69, 9.17) is 29.9 Å². The van der Waals surface area contributed by atoms with Crippen molar-refractivity contribution in [1.29, 1.82) is 0 Å². The Morgan fingerprint density at radius 2 is 0.529 bits per heavy atom. The number of fused-ring (bicyclic) bond motifs is 6. The summed E-state index contributed by atoms with van der Waals surface area (Å²) in [6.45, 7) is 0. The molecule has 0 amide bonds. The van der Waals surface area contributed by atoms with Gasteiger partial charge in [-0.2, -0.15) is 19.9 Å². The summed E-state index contributed by atoms with van der Waals surface area (Å²) in [7, 11) is 0. The van der Waals surface area contributed by atoms with Crippen LogP contribution < -0.4 is 0 Å². The Morgan fingerprint density at radius 1 is 0.235 bits per heavy atom. The maximum Gasteiger partial charge on any atom is 0.238 e. The average molecular weight is 871 g/mol. The first kappa shape index (κ1) is 39.0. The van der Waals surface area contributed by atoms with E-state index < -0.39 is 0 Å². The summed E-state index contributed by atoms with van der Waals surface area (Å²) >= 11 is 0. The van der Waals surface area contributed by atoms with Crippen molar-refractivity contribution in [2.24, 2.45) is 0 Å². The molecule has 4 heterocycles. The molecule has 68 heavy (non-hydrogen) atoms. The second-order valence-electron chi connectivity index (χ2n) is 16.7. The van der Waals surface area contributed by atoms with Crippen LogP contribution in [-0.4, -0.2) is 39.0 Å². The van der Waals surface area contributed by atoms with E-state index in [1.165, 1.54) is 0 Å². The Morgan fingerprint density at radius 3 is 0.897 bits per heavy atom. The molecule has 13 aromatic rings. The summed E-state index contributed by atoms with van der Waals surface area (Å²) in [6, 6.07) is 79.4. The molecule has 0 fully saturated rings. The number of hydrogen-bond donors (Lipinski definition) is 0. The first-order valence-electron chi connectivity index (χ1n) is 22.6. The van der Waals surface area contributed by atoms with Gasteiger partial charge in [0.05, 0.1) is 22.1 Å². The Balaban J connectivity index is 0.990. The van der Waals surface area contributed by atoms with Gasteiger partial charge in [-0.1, -0.05) is 200 Å². The van der Waals surface area contributed by atoms with Gasteiger partial charge in [-0.3, -0.25) is 9.13 Å². The van der Waals surface area contributed by atoms with Gasteiger partial charge in [0.25, 0.3) is 0 Å². The lowest BCUT2D eigenvalue weighted by molar-refractivity contribution is 0.953. The fourth-order valence-electron chi connectivity index (χ4n) is 9.60. The molecule has 0 saturated carbocycles. The molecule has 0 saturated heterocycles. The minimum Gasteiger partial charge on any atom is -0.278 e. The Labute approximate surface area is 391 Å². The van der Waals surface area contributed by atoms with Crippen molar-refractivity contribution in [1.82, 2.24) is 39.0 Å². The fraction of sp³-hybridized carbons (Fsp3) is 0. The van der Waals surface area contributed by atoms with Gasteiger partial charge in [-0.15, -0.1) is 0 Å². The molecule has 4 aromatic heterocycles. The minimum atomic E-state index is 0.558. The summed E-state index contributed by atoms with van der Waals surface area (Å²) in [4.78, 5) is 30.7. The molecule has 8 heteroatoms. The van der Waals surface area contributed by atoms with Gasteiger partial charge < -0.3 is 0 Å². The molecule has 0 aliphatic rings. The predicted octanol–water partition coefficient (Wildman–Crippen LogP) is 14.3. The van der Waals surface area contributed by atoms with E-state index in [0.29, 0.717) is 35.2 Å². The van der Waals surface area contributed by atoms with Crippen LogP contribution in [0.15, 0.2) is 231 Å². The van der Waals surface area contributed by atoms with E-state index in [2.05, 4.69) is 118 Å². The molecule has 0 aliphatic heterocycles. The summed E-state index contributed by atoms with van der Waals surface area (Å²) in [5.41, 5.74) is 12.1. The van der Waals surface area contributed by atoms with Crippen molar-refractivity contribution in [3.05, 3.63) is 231 Å². The zero-order chi connectivity index (χ0) is 45.0. The van der Waals surface area contributed by atoms with Gasteiger partial charge in [-0.05, 0) is 52.6 Å². The molecule has 8 nitrogen and oxygen atoms in total. The highest BCUT2D eigenvalue weighted by Gasteiger charge is 2.23. The van der Waals surface area contributed by atoms with Crippen LogP contribution in [0, 0.1) is 0 Å². The van der Waals surface area contributed by atoms with Crippen LogP contribution in [0.3, 0.4) is 0 Å². The summed E-state index contributed by atoms with van der Waals surface area (Å²) in [5.74, 6) is 3.57. The van der Waals surface area contributed by atoms with Crippen LogP contribution >= 0.6 is 0 Å². The third kappa shape index (κ3) is 6.62. The normalized spacial score (nSPS) is 11.5. The summed E-state index contributed by atoms with van der Waals surface area (Å²) in [6.07, 6.45) is 0. The van der Waals surface area contributed by atoms with Crippen molar-refractivity contribution in [3.8, 4) is 79.7 Å². The Kier molecular flexibility index (Phi) is 9.31. The predicted molar refractivity (Wildman–Crippen MR) is 275 cm³/mol. The SMILES string of the molecule is c1ccc(-c2nc(-c3ccccc3)nc(-n3c4ccccc4c4c(-c5cccc(-c6cccc7c6c6ccccc6n7-c6nc(-c7ccccc7)nc(-c7ccccc7)n6)c5)cccc43)n2)cc1. The van der Waals surface area contributed by atoms with E-state index in [9.17, 15) is 0 Å². The third-order valence-electron chi connectivity index (χ3n) is 12.7. The maximum absolute atomic E-state index is 5.17. The Hall–Kier alpha value is -9.40. The fourth-order valence-corrected chi connectivity index (χ4v) is 9.60. The van der Waals surface area contributed by atoms with E-state index in [-0.39, 0.29) is 0 Å². The highest BCUT2D eigenvalue weighted by molar-refractivity contribution is 6.17. The first-order valence-corrected chi connectivity index (χ1v) is 22.6. The second kappa shape index (κ2) is 16.2. The largest absolute Gasteiger partial charge is 0.278 e. The lowest BCUT2D eigenvalue weighted by Gasteiger charge is -2.12. The van der Waals surface area contributed by atoms with Crippen LogP contribution in [0.25, 0.3) is 123 Å². The Bertz CT molecular complexity index is 3640. The number of benzene rings is 9. The second-order valence-corrected chi connectivity index (χ2v) is 16.7. The monoisotopic (exact) mass is 870 g/mol. The number of para-hydroxylation sites is 2. The smallest absolute Gasteiger partial charge is 0.238 e. The van der Waals surface area contributed by atoms with Gasteiger partial charge in [0.2, 0.25) is 11.9 Å². The first-order chi connectivity index (χ1) is 33.7.